The first kappa shape index (κ1) is 21.9. The van der Waals surface area contributed by atoms with Crippen LogP contribution in [0, 0.1) is 0 Å². The molecule has 0 spiro atoms. The van der Waals surface area contributed by atoms with Gasteiger partial charge in [-0.15, -0.1) is 0 Å². The predicted octanol–water partition coefficient (Wildman–Crippen LogP) is 0.345. The maximum Gasteiger partial charge on any atom is 0.373 e. The fraction of sp³-hybridized carbons (Fsp3) is 0.429. The quantitative estimate of drug-likeness (QED) is 0.247. The highest BCUT2D eigenvalue weighted by atomic mass is 31.2. The number of carbonyl (C=O) groups is 2. The monoisotopic (exact) mass is 423 g/mol. The Morgan fingerprint density at radius 2 is 1.56 bits per heavy atom. The topological polar surface area (TPSA) is 171 Å². The van der Waals surface area contributed by atoms with Gasteiger partial charge in [-0.2, -0.15) is 0 Å². The van der Waals surface area contributed by atoms with Gasteiger partial charge in [-0.1, -0.05) is 12.1 Å². The lowest BCUT2D eigenvalue weighted by Gasteiger charge is -2.34. The standard InChI is InChI=1S/C14H19NO10P2/c1-24-7-4-8-25-27(22,23)14(18,26(19,20)21)9-15-12(16)10-5-2-3-6-11(10)13(15)17/h2-3,5-6,18H,4,7-9H2,1H3,(H,22,23)(H2,19,20,21). The van der Waals surface area contributed by atoms with Gasteiger partial charge in [0, 0.05) is 13.7 Å². The first-order chi connectivity index (χ1) is 12.5. The van der Waals surface area contributed by atoms with Crippen molar-refractivity contribution in [3.05, 3.63) is 35.4 Å². The Labute approximate surface area is 154 Å². The van der Waals surface area contributed by atoms with Crippen molar-refractivity contribution in [2.45, 2.75) is 11.5 Å². The third kappa shape index (κ3) is 4.06. The molecule has 2 atom stereocenters. The van der Waals surface area contributed by atoms with Crippen LogP contribution in [0.25, 0.3) is 0 Å². The van der Waals surface area contributed by atoms with Gasteiger partial charge in [-0.3, -0.25) is 23.6 Å². The number of methoxy groups -OCH3 is 1. The molecule has 0 radical (unpaired) electrons. The Balaban J connectivity index is 2.33. The van der Waals surface area contributed by atoms with Crippen LogP contribution in [0.4, 0.5) is 0 Å². The number of hydrogen-bond donors (Lipinski definition) is 4. The Bertz CT molecular complexity index is 802. The minimum absolute atomic E-state index is 0.0515. The van der Waals surface area contributed by atoms with E-state index in [1.54, 1.807) is 0 Å². The van der Waals surface area contributed by atoms with Crippen LogP contribution in [0.2, 0.25) is 0 Å². The van der Waals surface area contributed by atoms with Crippen molar-refractivity contribution in [2.75, 3.05) is 26.9 Å². The third-order valence-corrected chi connectivity index (χ3v) is 8.12. The Hall–Kier alpha value is -1.42. The van der Waals surface area contributed by atoms with Gasteiger partial charge in [-0.05, 0) is 18.6 Å². The molecule has 0 aromatic heterocycles. The zero-order valence-corrected chi connectivity index (χ0v) is 16.0. The molecule has 2 amide bonds. The van der Waals surface area contributed by atoms with Crippen molar-refractivity contribution in [3.8, 4) is 0 Å². The summed E-state index contributed by atoms with van der Waals surface area (Å²) in [6, 6.07) is 5.56. The zero-order chi connectivity index (χ0) is 20.5. The highest BCUT2D eigenvalue weighted by Gasteiger charge is 2.63. The maximum atomic E-state index is 12.4. The van der Waals surface area contributed by atoms with Crippen molar-refractivity contribution < 1.29 is 47.8 Å². The van der Waals surface area contributed by atoms with E-state index in [9.17, 15) is 38.5 Å². The molecule has 1 aromatic rings. The molecule has 2 unspecified atom stereocenters. The lowest BCUT2D eigenvalue weighted by Crippen LogP contribution is -2.45. The van der Waals surface area contributed by atoms with E-state index in [0.717, 1.165) is 0 Å². The van der Waals surface area contributed by atoms with E-state index in [4.69, 9.17) is 4.74 Å². The summed E-state index contributed by atoms with van der Waals surface area (Å²) in [7, 11) is -9.74. The fourth-order valence-corrected chi connectivity index (χ4v) is 5.16. The smallest absolute Gasteiger partial charge is 0.373 e. The number of β-amino-alcohol motifs (C(OH)–C–C–N with tert-alkyl or cyclic N) is 1. The number of benzene rings is 1. The molecular formula is C14H19NO10P2. The molecule has 11 nitrogen and oxygen atoms in total. The zero-order valence-electron chi connectivity index (χ0n) is 14.2. The average molecular weight is 423 g/mol. The predicted molar refractivity (Wildman–Crippen MR) is 91.1 cm³/mol. The van der Waals surface area contributed by atoms with Crippen LogP contribution >= 0.6 is 15.2 Å². The number of rotatable bonds is 9. The van der Waals surface area contributed by atoms with Crippen LogP contribution < -0.4 is 0 Å². The molecule has 1 aliphatic heterocycles. The third-order valence-electron chi connectivity index (χ3n) is 3.93. The van der Waals surface area contributed by atoms with Gasteiger partial charge < -0.3 is 29.0 Å². The van der Waals surface area contributed by atoms with E-state index in [2.05, 4.69) is 4.52 Å². The van der Waals surface area contributed by atoms with E-state index in [0.29, 0.717) is 4.90 Å². The molecule has 13 heteroatoms. The largest absolute Gasteiger partial charge is 0.385 e. The number of aliphatic hydroxyl groups is 1. The van der Waals surface area contributed by atoms with Crippen molar-refractivity contribution in [1.82, 2.24) is 4.90 Å². The van der Waals surface area contributed by atoms with E-state index in [1.807, 2.05) is 0 Å². The summed E-state index contributed by atoms with van der Waals surface area (Å²) >= 11 is 0. The molecule has 0 fully saturated rings. The first-order valence-electron chi connectivity index (χ1n) is 7.66. The van der Waals surface area contributed by atoms with Crippen LogP contribution in [0.5, 0.6) is 0 Å². The van der Waals surface area contributed by atoms with Crippen molar-refractivity contribution in [2.24, 2.45) is 0 Å². The molecule has 0 saturated carbocycles. The minimum Gasteiger partial charge on any atom is -0.385 e. The van der Waals surface area contributed by atoms with Crippen molar-refractivity contribution in [3.63, 3.8) is 0 Å². The summed E-state index contributed by atoms with van der Waals surface area (Å²) in [5.74, 6) is -1.91. The lowest BCUT2D eigenvalue weighted by atomic mass is 10.1. The molecule has 1 aromatic carbocycles. The van der Waals surface area contributed by atoms with Crippen LogP contribution in [-0.2, 0) is 18.4 Å². The molecule has 0 saturated heterocycles. The summed E-state index contributed by atoms with van der Waals surface area (Å²) in [6.45, 7) is -1.74. The van der Waals surface area contributed by atoms with E-state index < -0.39 is 45.2 Å². The van der Waals surface area contributed by atoms with Crippen LogP contribution in [0.15, 0.2) is 24.3 Å². The number of carbonyl (C=O) groups excluding carboxylic acids is 2. The Morgan fingerprint density at radius 3 is 2.00 bits per heavy atom. The number of amides is 2. The summed E-state index contributed by atoms with van der Waals surface area (Å²) in [5.41, 5.74) is -0.103. The number of ether oxygens (including phenoxy) is 1. The molecule has 1 heterocycles. The molecule has 0 aliphatic carbocycles. The second-order valence-electron chi connectivity index (χ2n) is 5.76. The molecule has 150 valence electrons. The van der Waals surface area contributed by atoms with Crippen molar-refractivity contribution in [1.29, 1.82) is 0 Å². The number of nitrogens with zero attached hydrogens (tertiary/aromatic N) is 1. The van der Waals surface area contributed by atoms with Crippen LogP contribution in [0.1, 0.15) is 27.1 Å². The molecular weight excluding hydrogens is 404 g/mol. The van der Waals surface area contributed by atoms with Crippen LogP contribution in [-0.4, -0.2) is 68.5 Å². The van der Waals surface area contributed by atoms with Crippen LogP contribution in [0.3, 0.4) is 0 Å². The lowest BCUT2D eigenvalue weighted by molar-refractivity contribution is 0.0492. The number of fused-ring (bicyclic) bond motifs is 1. The second kappa shape index (κ2) is 7.90. The SMILES string of the molecule is COCCCOP(=O)(O)C(O)(CN1C(=O)c2ccccc2C1=O)P(=O)(O)O. The highest BCUT2D eigenvalue weighted by molar-refractivity contribution is 7.72. The summed E-state index contributed by atoms with van der Waals surface area (Å²) in [5, 5.41) is 6.75. The second-order valence-corrected chi connectivity index (χ2v) is 9.98. The minimum atomic E-state index is -5.73. The number of hydrogen-bond acceptors (Lipinski definition) is 7. The first-order valence-corrected chi connectivity index (χ1v) is 10.8. The Morgan fingerprint density at radius 1 is 1.04 bits per heavy atom. The molecule has 27 heavy (non-hydrogen) atoms. The summed E-state index contributed by atoms with van der Waals surface area (Å²) in [6.07, 6.45) is 0.102. The van der Waals surface area contributed by atoms with Gasteiger partial charge in [0.05, 0.1) is 24.3 Å². The highest BCUT2D eigenvalue weighted by Crippen LogP contribution is 2.70. The van der Waals surface area contributed by atoms with Gasteiger partial charge >= 0.3 is 15.2 Å². The summed E-state index contributed by atoms with van der Waals surface area (Å²) < 4.78 is 33.6. The Kier molecular flexibility index (Phi) is 6.40. The van der Waals surface area contributed by atoms with Gasteiger partial charge in [0.2, 0.25) is 0 Å². The molecule has 4 N–H and O–H groups in total. The molecule has 2 rings (SSSR count). The molecule has 0 bridgehead atoms. The van der Waals surface area contributed by atoms with E-state index in [-0.39, 0.29) is 24.2 Å². The van der Waals surface area contributed by atoms with Gasteiger partial charge in [0.1, 0.15) is 0 Å². The van der Waals surface area contributed by atoms with Gasteiger partial charge in [0.25, 0.3) is 16.9 Å². The number of imide groups is 1. The maximum absolute atomic E-state index is 12.4. The van der Waals surface area contributed by atoms with E-state index >= 15 is 0 Å². The van der Waals surface area contributed by atoms with Gasteiger partial charge in [0.15, 0.2) is 0 Å². The average Bonchev–Trinajstić information content (AvgIpc) is 2.83. The van der Waals surface area contributed by atoms with Gasteiger partial charge in [-0.25, -0.2) is 0 Å². The summed E-state index contributed by atoms with van der Waals surface area (Å²) in [4.78, 5) is 54.0. The van der Waals surface area contributed by atoms with Crippen molar-refractivity contribution >= 4 is 27.0 Å². The molecule has 1 aliphatic rings. The normalized spacial score (nSPS) is 18.9. The van der Waals surface area contributed by atoms with E-state index in [1.165, 1.54) is 31.4 Å². The fourth-order valence-electron chi connectivity index (χ4n) is 2.44.